The van der Waals surface area contributed by atoms with Crippen LogP contribution in [0, 0.1) is 0 Å². The van der Waals surface area contributed by atoms with E-state index in [2.05, 4.69) is 35.2 Å². The number of carbonyl (C=O) groups excluding carboxylic acids is 1. The standard InChI is InChI=1S/C17H26N2O2/c1-3-21-16(20)17(2,18)10-12-19-11-9-15(13-19)14-7-5-4-6-8-14/h4-8,15H,3,9-13,18H2,1-2H3. The maximum Gasteiger partial charge on any atom is 0.325 e. The van der Waals surface area contributed by atoms with Crippen molar-refractivity contribution in [2.75, 3.05) is 26.2 Å². The van der Waals surface area contributed by atoms with E-state index in [0.29, 0.717) is 18.9 Å². The Morgan fingerprint density at radius 1 is 1.43 bits per heavy atom. The Morgan fingerprint density at radius 2 is 2.14 bits per heavy atom. The zero-order valence-electron chi connectivity index (χ0n) is 13.0. The predicted molar refractivity (Wildman–Crippen MR) is 84.1 cm³/mol. The maximum absolute atomic E-state index is 11.8. The third-order valence-corrected chi connectivity index (χ3v) is 4.23. The average Bonchev–Trinajstić information content (AvgIpc) is 2.95. The second-order valence-electron chi connectivity index (χ2n) is 6.08. The van der Waals surface area contributed by atoms with Crippen LogP contribution < -0.4 is 5.73 Å². The molecule has 0 spiro atoms. The van der Waals surface area contributed by atoms with Crippen molar-refractivity contribution in [1.82, 2.24) is 4.90 Å². The van der Waals surface area contributed by atoms with Gasteiger partial charge in [0, 0.05) is 13.1 Å². The molecule has 2 rings (SSSR count). The summed E-state index contributed by atoms with van der Waals surface area (Å²) in [7, 11) is 0. The third kappa shape index (κ3) is 4.29. The van der Waals surface area contributed by atoms with Crippen LogP contribution in [0.4, 0.5) is 0 Å². The van der Waals surface area contributed by atoms with Gasteiger partial charge in [0.1, 0.15) is 5.54 Å². The number of rotatable bonds is 6. The van der Waals surface area contributed by atoms with Gasteiger partial charge in [-0.05, 0) is 44.7 Å². The lowest BCUT2D eigenvalue weighted by Crippen LogP contribution is -2.48. The van der Waals surface area contributed by atoms with Gasteiger partial charge in [-0.25, -0.2) is 0 Å². The molecule has 116 valence electrons. The first kappa shape index (κ1) is 16.0. The van der Waals surface area contributed by atoms with Gasteiger partial charge in [-0.3, -0.25) is 4.79 Å². The monoisotopic (exact) mass is 290 g/mol. The number of hydrogen-bond donors (Lipinski definition) is 1. The Kier molecular flexibility index (Phi) is 5.37. The highest BCUT2D eigenvalue weighted by Crippen LogP contribution is 2.27. The summed E-state index contributed by atoms with van der Waals surface area (Å²) in [6.45, 7) is 6.90. The lowest BCUT2D eigenvalue weighted by atomic mass is 9.98. The zero-order valence-corrected chi connectivity index (χ0v) is 13.0. The van der Waals surface area contributed by atoms with Gasteiger partial charge in [0.05, 0.1) is 6.61 Å². The Morgan fingerprint density at radius 3 is 2.81 bits per heavy atom. The van der Waals surface area contributed by atoms with Crippen molar-refractivity contribution in [2.45, 2.75) is 38.1 Å². The van der Waals surface area contributed by atoms with Gasteiger partial charge in [0.15, 0.2) is 0 Å². The number of benzene rings is 1. The molecule has 1 saturated heterocycles. The number of ether oxygens (including phenoxy) is 1. The van der Waals surface area contributed by atoms with E-state index >= 15 is 0 Å². The largest absolute Gasteiger partial charge is 0.465 e. The molecule has 2 N–H and O–H groups in total. The Hall–Kier alpha value is -1.39. The van der Waals surface area contributed by atoms with Crippen molar-refractivity contribution in [2.24, 2.45) is 5.73 Å². The van der Waals surface area contributed by atoms with E-state index in [9.17, 15) is 4.79 Å². The van der Waals surface area contributed by atoms with E-state index in [-0.39, 0.29) is 5.97 Å². The average molecular weight is 290 g/mol. The smallest absolute Gasteiger partial charge is 0.325 e. The lowest BCUT2D eigenvalue weighted by Gasteiger charge is -2.25. The molecule has 1 fully saturated rings. The molecular formula is C17H26N2O2. The molecule has 0 saturated carbocycles. The molecule has 0 radical (unpaired) electrons. The normalized spacial score (nSPS) is 22.0. The fraction of sp³-hybridized carbons (Fsp3) is 0.588. The minimum absolute atomic E-state index is 0.302. The molecule has 4 heteroatoms. The fourth-order valence-corrected chi connectivity index (χ4v) is 2.82. The minimum atomic E-state index is -0.888. The van der Waals surface area contributed by atoms with Crippen molar-refractivity contribution in [3.8, 4) is 0 Å². The molecule has 21 heavy (non-hydrogen) atoms. The van der Waals surface area contributed by atoms with E-state index in [1.807, 2.05) is 0 Å². The molecule has 1 aromatic rings. The molecule has 2 atom stereocenters. The van der Waals surface area contributed by atoms with E-state index < -0.39 is 5.54 Å². The zero-order chi connectivity index (χ0) is 15.3. The van der Waals surface area contributed by atoms with E-state index in [1.165, 1.54) is 12.0 Å². The molecule has 2 unspecified atom stereocenters. The number of nitrogens with two attached hydrogens (primary N) is 1. The topological polar surface area (TPSA) is 55.6 Å². The summed E-state index contributed by atoms with van der Waals surface area (Å²) in [6, 6.07) is 10.6. The van der Waals surface area contributed by atoms with Crippen LogP contribution in [0.25, 0.3) is 0 Å². The highest BCUT2D eigenvalue weighted by molar-refractivity contribution is 5.79. The Balaban J connectivity index is 1.82. The van der Waals surface area contributed by atoms with Gasteiger partial charge >= 0.3 is 5.97 Å². The van der Waals surface area contributed by atoms with E-state index in [1.54, 1.807) is 13.8 Å². The second-order valence-corrected chi connectivity index (χ2v) is 6.08. The first-order valence-electron chi connectivity index (χ1n) is 7.76. The molecule has 0 amide bonds. The van der Waals surface area contributed by atoms with Crippen LogP contribution in [0.2, 0.25) is 0 Å². The van der Waals surface area contributed by atoms with Gasteiger partial charge < -0.3 is 15.4 Å². The molecule has 0 aliphatic carbocycles. The first-order chi connectivity index (χ1) is 10.0. The van der Waals surface area contributed by atoms with Gasteiger partial charge in [-0.15, -0.1) is 0 Å². The maximum atomic E-state index is 11.8. The highest BCUT2D eigenvalue weighted by Gasteiger charge is 2.32. The summed E-state index contributed by atoms with van der Waals surface area (Å²) >= 11 is 0. The van der Waals surface area contributed by atoms with Crippen LogP contribution in [0.5, 0.6) is 0 Å². The Bertz CT molecular complexity index is 459. The summed E-state index contributed by atoms with van der Waals surface area (Å²) < 4.78 is 5.03. The fourth-order valence-electron chi connectivity index (χ4n) is 2.82. The quantitative estimate of drug-likeness (QED) is 0.816. The van der Waals surface area contributed by atoms with Crippen molar-refractivity contribution in [1.29, 1.82) is 0 Å². The number of carbonyl (C=O) groups is 1. The lowest BCUT2D eigenvalue weighted by molar-refractivity contribution is -0.149. The molecule has 1 aliphatic heterocycles. The minimum Gasteiger partial charge on any atom is -0.465 e. The van der Waals surface area contributed by atoms with Crippen LogP contribution in [0.3, 0.4) is 0 Å². The number of esters is 1. The number of nitrogens with zero attached hydrogens (tertiary/aromatic N) is 1. The van der Waals surface area contributed by atoms with Crippen LogP contribution in [-0.4, -0.2) is 42.6 Å². The van der Waals surface area contributed by atoms with Gasteiger partial charge in [0.25, 0.3) is 0 Å². The SMILES string of the molecule is CCOC(=O)C(C)(N)CCN1CCC(c2ccccc2)C1. The van der Waals surface area contributed by atoms with Crippen LogP contribution >= 0.6 is 0 Å². The summed E-state index contributed by atoms with van der Waals surface area (Å²) in [5.74, 6) is 0.293. The molecule has 1 aliphatic rings. The highest BCUT2D eigenvalue weighted by atomic mass is 16.5. The third-order valence-electron chi connectivity index (χ3n) is 4.23. The second kappa shape index (κ2) is 7.05. The number of hydrogen-bond acceptors (Lipinski definition) is 4. The van der Waals surface area contributed by atoms with Crippen molar-refractivity contribution < 1.29 is 9.53 Å². The van der Waals surface area contributed by atoms with Crippen molar-refractivity contribution in [3.05, 3.63) is 35.9 Å². The molecule has 1 aromatic carbocycles. The van der Waals surface area contributed by atoms with Crippen LogP contribution in [0.15, 0.2) is 30.3 Å². The first-order valence-corrected chi connectivity index (χ1v) is 7.76. The number of likely N-dealkylation sites (tertiary alicyclic amines) is 1. The van der Waals surface area contributed by atoms with Gasteiger partial charge in [-0.1, -0.05) is 30.3 Å². The molecule has 4 nitrogen and oxygen atoms in total. The molecule has 0 bridgehead atoms. The Labute approximate surface area is 127 Å². The van der Waals surface area contributed by atoms with Gasteiger partial charge in [-0.2, -0.15) is 0 Å². The molecule has 1 heterocycles. The molecule has 0 aromatic heterocycles. The van der Waals surface area contributed by atoms with Crippen LogP contribution in [-0.2, 0) is 9.53 Å². The van der Waals surface area contributed by atoms with E-state index in [0.717, 1.165) is 19.6 Å². The summed E-state index contributed by atoms with van der Waals surface area (Å²) in [6.07, 6.45) is 1.80. The van der Waals surface area contributed by atoms with Crippen LogP contribution in [0.1, 0.15) is 38.2 Å². The van der Waals surface area contributed by atoms with Gasteiger partial charge in [0.2, 0.25) is 0 Å². The van der Waals surface area contributed by atoms with Crippen molar-refractivity contribution >= 4 is 5.97 Å². The summed E-state index contributed by atoms with van der Waals surface area (Å²) in [5.41, 5.74) is 6.58. The van der Waals surface area contributed by atoms with E-state index in [4.69, 9.17) is 10.5 Å². The molecular weight excluding hydrogens is 264 g/mol. The summed E-state index contributed by atoms with van der Waals surface area (Å²) in [4.78, 5) is 14.2. The van der Waals surface area contributed by atoms with Crippen molar-refractivity contribution in [3.63, 3.8) is 0 Å². The predicted octanol–water partition coefficient (Wildman–Crippen LogP) is 2.15. The summed E-state index contributed by atoms with van der Waals surface area (Å²) in [5, 5.41) is 0.